The summed E-state index contributed by atoms with van der Waals surface area (Å²) >= 11 is 1.67. The minimum atomic E-state index is 0.644. The Morgan fingerprint density at radius 3 is 2.90 bits per heavy atom. The van der Waals surface area contributed by atoms with Crippen LogP contribution in [0, 0.1) is 6.92 Å². The number of nitrogens with two attached hydrogens (primary N) is 1. The predicted molar refractivity (Wildman–Crippen MR) is 80.4 cm³/mol. The second-order valence-corrected chi connectivity index (χ2v) is 5.93. The number of hydrogen-bond donors (Lipinski definition) is 1. The van der Waals surface area contributed by atoms with Gasteiger partial charge in [0.2, 0.25) is 5.89 Å². The van der Waals surface area contributed by atoms with Crippen molar-refractivity contribution in [2.24, 2.45) is 0 Å². The molecule has 0 aliphatic rings. The SMILES string of the molecule is Cc1nc(CN(C)Cc2nc3cc(N)ccc3o2)cs1. The van der Waals surface area contributed by atoms with Gasteiger partial charge < -0.3 is 10.2 Å². The number of aromatic nitrogens is 2. The lowest BCUT2D eigenvalue weighted by atomic mass is 10.3. The van der Waals surface area contributed by atoms with Crippen LogP contribution >= 0.6 is 11.3 Å². The van der Waals surface area contributed by atoms with Crippen LogP contribution < -0.4 is 5.73 Å². The van der Waals surface area contributed by atoms with Crippen LogP contribution in [0.2, 0.25) is 0 Å². The molecule has 0 spiro atoms. The van der Waals surface area contributed by atoms with Gasteiger partial charge in [0, 0.05) is 17.6 Å². The number of rotatable bonds is 4. The van der Waals surface area contributed by atoms with E-state index in [1.54, 1.807) is 11.3 Å². The first-order valence-corrected chi connectivity index (χ1v) is 7.22. The first kappa shape index (κ1) is 13.1. The fraction of sp³-hybridized carbons (Fsp3) is 0.286. The standard InChI is InChI=1S/C14H16N4OS/c1-9-16-11(8-20-9)6-18(2)7-14-17-12-5-10(15)3-4-13(12)19-14/h3-5,8H,6-7,15H2,1-2H3. The smallest absolute Gasteiger partial charge is 0.209 e. The fourth-order valence-electron chi connectivity index (χ4n) is 2.10. The Labute approximate surface area is 121 Å². The maximum Gasteiger partial charge on any atom is 0.209 e. The van der Waals surface area contributed by atoms with E-state index < -0.39 is 0 Å². The summed E-state index contributed by atoms with van der Waals surface area (Å²) < 4.78 is 5.71. The summed E-state index contributed by atoms with van der Waals surface area (Å²) in [7, 11) is 2.03. The van der Waals surface area contributed by atoms with Gasteiger partial charge in [-0.2, -0.15) is 0 Å². The van der Waals surface area contributed by atoms with Gasteiger partial charge in [0.15, 0.2) is 5.58 Å². The maximum atomic E-state index is 5.74. The lowest BCUT2D eigenvalue weighted by Crippen LogP contribution is -2.17. The molecule has 0 saturated carbocycles. The highest BCUT2D eigenvalue weighted by molar-refractivity contribution is 7.09. The van der Waals surface area contributed by atoms with Gasteiger partial charge in [0.05, 0.1) is 17.2 Å². The number of nitrogens with zero attached hydrogens (tertiary/aromatic N) is 3. The zero-order valence-corrected chi connectivity index (χ0v) is 12.3. The van der Waals surface area contributed by atoms with Crippen LogP contribution in [0.1, 0.15) is 16.6 Å². The van der Waals surface area contributed by atoms with Gasteiger partial charge in [-0.05, 0) is 32.2 Å². The van der Waals surface area contributed by atoms with Crippen molar-refractivity contribution < 1.29 is 4.42 Å². The Morgan fingerprint density at radius 2 is 2.15 bits per heavy atom. The van der Waals surface area contributed by atoms with Gasteiger partial charge in [0.1, 0.15) is 5.52 Å². The van der Waals surface area contributed by atoms with E-state index in [0.29, 0.717) is 18.1 Å². The zero-order chi connectivity index (χ0) is 14.1. The van der Waals surface area contributed by atoms with Crippen LogP contribution in [0.25, 0.3) is 11.1 Å². The second-order valence-electron chi connectivity index (χ2n) is 4.86. The number of thiazole rings is 1. The Balaban J connectivity index is 1.72. The van der Waals surface area contributed by atoms with E-state index in [1.165, 1.54) is 0 Å². The van der Waals surface area contributed by atoms with Gasteiger partial charge in [-0.15, -0.1) is 11.3 Å². The molecule has 0 aliphatic heterocycles. The predicted octanol–water partition coefficient (Wildman–Crippen LogP) is 2.81. The first-order chi connectivity index (χ1) is 9.60. The zero-order valence-electron chi connectivity index (χ0n) is 11.5. The molecule has 3 aromatic rings. The number of oxazole rings is 1. The molecule has 0 unspecified atom stereocenters. The highest BCUT2D eigenvalue weighted by atomic mass is 32.1. The quantitative estimate of drug-likeness (QED) is 0.748. The normalized spacial score (nSPS) is 11.6. The van der Waals surface area contributed by atoms with E-state index in [-0.39, 0.29) is 0 Å². The Morgan fingerprint density at radius 1 is 1.30 bits per heavy atom. The number of benzene rings is 1. The third kappa shape index (κ3) is 2.81. The number of hydrogen-bond acceptors (Lipinski definition) is 6. The molecule has 6 heteroatoms. The van der Waals surface area contributed by atoms with Crippen LogP contribution in [0.4, 0.5) is 5.69 Å². The van der Waals surface area contributed by atoms with Crippen molar-refractivity contribution in [2.45, 2.75) is 20.0 Å². The van der Waals surface area contributed by atoms with Crippen molar-refractivity contribution in [3.05, 3.63) is 40.2 Å². The van der Waals surface area contributed by atoms with Crippen LogP contribution in [0.5, 0.6) is 0 Å². The van der Waals surface area contributed by atoms with Gasteiger partial charge in [-0.1, -0.05) is 0 Å². The van der Waals surface area contributed by atoms with Crippen molar-refractivity contribution in [1.82, 2.24) is 14.9 Å². The number of aryl methyl sites for hydroxylation is 1. The minimum absolute atomic E-state index is 0.644. The summed E-state index contributed by atoms with van der Waals surface area (Å²) in [6.07, 6.45) is 0. The van der Waals surface area contributed by atoms with E-state index >= 15 is 0 Å². The molecular formula is C14H16N4OS. The summed E-state index contributed by atoms with van der Waals surface area (Å²) in [6, 6.07) is 5.50. The lowest BCUT2D eigenvalue weighted by molar-refractivity contribution is 0.283. The molecule has 1 aromatic carbocycles. The van der Waals surface area contributed by atoms with E-state index in [1.807, 2.05) is 32.2 Å². The molecule has 2 N–H and O–H groups in total. The molecule has 104 valence electrons. The molecule has 0 aliphatic carbocycles. The number of fused-ring (bicyclic) bond motifs is 1. The highest BCUT2D eigenvalue weighted by Gasteiger charge is 2.10. The van der Waals surface area contributed by atoms with E-state index in [4.69, 9.17) is 10.2 Å². The van der Waals surface area contributed by atoms with Crippen molar-refractivity contribution in [2.75, 3.05) is 12.8 Å². The molecular weight excluding hydrogens is 272 g/mol. The van der Waals surface area contributed by atoms with Crippen LogP contribution in [-0.4, -0.2) is 21.9 Å². The van der Waals surface area contributed by atoms with Crippen molar-refractivity contribution >= 4 is 28.1 Å². The van der Waals surface area contributed by atoms with Crippen LogP contribution in [0.15, 0.2) is 28.0 Å². The second kappa shape index (κ2) is 5.22. The van der Waals surface area contributed by atoms with Crippen LogP contribution in [0.3, 0.4) is 0 Å². The number of anilines is 1. The van der Waals surface area contributed by atoms with Gasteiger partial charge in [0.25, 0.3) is 0 Å². The third-order valence-electron chi connectivity index (χ3n) is 2.96. The summed E-state index contributed by atoms with van der Waals surface area (Å²) in [5.74, 6) is 0.694. The van der Waals surface area contributed by atoms with Gasteiger partial charge in [-0.25, -0.2) is 9.97 Å². The van der Waals surface area contributed by atoms with Crippen molar-refractivity contribution in [1.29, 1.82) is 0 Å². The topological polar surface area (TPSA) is 68.2 Å². The average molecular weight is 288 g/mol. The fourth-order valence-corrected chi connectivity index (χ4v) is 2.71. The van der Waals surface area contributed by atoms with Gasteiger partial charge >= 0.3 is 0 Å². The van der Waals surface area contributed by atoms with E-state index in [9.17, 15) is 0 Å². The average Bonchev–Trinajstić information content (AvgIpc) is 2.94. The summed E-state index contributed by atoms with van der Waals surface area (Å²) in [6.45, 7) is 3.44. The Hall–Kier alpha value is -1.92. The minimum Gasteiger partial charge on any atom is -0.439 e. The third-order valence-corrected chi connectivity index (χ3v) is 3.78. The van der Waals surface area contributed by atoms with E-state index in [2.05, 4.69) is 20.2 Å². The molecule has 0 bridgehead atoms. The molecule has 0 fully saturated rings. The van der Waals surface area contributed by atoms with Gasteiger partial charge in [-0.3, -0.25) is 4.90 Å². The summed E-state index contributed by atoms with van der Waals surface area (Å²) in [5, 5.41) is 3.17. The maximum absolute atomic E-state index is 5.74. The lowest BCUT2D eigenvalue weighted by Gasteiger charge is -2.12. The summed E-state index contributed by atoms with van der Waals surface area (Å²) in [4.78, 5) is 11.0. The molecule has 3 rings (SSSR count). The largest absolute Gasteiger partial charge is 0.439 e. The highest BCUT2D eigenvalue weighted by Crippen LogP contribution is 2.19. The molecule has 0 saturated heterocycles. The monoisotopic (exact) mass is 288 g/mol. The van der Waals surface area contributed by atoms with Crippen molar-refractivity contribution in [3.8, 4) is 0 Å². The number of nitrogen functional groups attached to an aromatic ring is 1. The molecule has 0 atom stereocenters. The van der Waals surface area contributed by atoms with Crippen LogP contribution in [-0.2, 0) is 13.1 Å². The molecule has 2 aromatic heterocycles. The first-order valence-electron chi connectivity index (χ1n) is 6.34. The van der Waals surface area contributed by atoms with Crippen molar-refractivity contribution in [3.63, 3.8) is 0 Å². The van der Waals surface area contributed by atoms with E-state index in [0.717, 1.165) is 28.3 Å². The molecule has 0 radical (unpaired) electrons. The molecule has 0 amide bonds. The molecule has 20 heavy (non-hydrogen) atoms. The molecule has 5 nitrogen and oxygen atoms in total. The molecule has 2 heterocycles. The Kier molecular flexibility index (Phi) is 3.42. The summed E-state index contributed by atoms with van der Waals surface area (Å²) in [5.41, 5.74) is 9.09. The Bertz CT molecular complexity index is 734.